The molecule has 3 heterocycles. The van der Waals surface area contributed by atoms with Crippen LogP contribution in [0.15, 0.2) is 60.9 Å². The first-order valence-electron chi connectivity index (χ1n) is 9.47. The summed E-state index contributed by atoms with van der Waals surface area (Å²) in [5.41, 5.74) is 0.954. The van der Waals surface area contributed by atoms with Gasteiger partial charge in [0.1, 0.15) is 23.1 Å². The lowest BCUT2D eigenvalue weighted by Crippen LogP contribution is -2.43. The van der Waals surface area contributed by atoms with E-state index in [1.165, 1.54) is 18.2 Å². The van der Waals surface area contributed by atoms with E-state index in [1.54, 1.807) is 23.4 Å². The highest BCUT2D eigenvalue weighted by Crippen LogP contribution is 2.54. The molecule has 1 fully saturated rings. The van der Waals surface area contributed by atoms with E-state index < -0.39 is 17.3 Å². The van der Waals surface area contributed by atoms with Crippen LogP contribution in [0.25, 0.3) is 0 Å². The second kappa shape index (κ2) is 6.27. The molecule has 3 aromatic rings. The Bertz CT molecular complexity index is 1140. The van der Waals surface area contributed by atoms with Crippen LogP contribution in [0.4, 0.5) is 10.1 Å². The number of carbonyl (C=O) groups excluding carboxylic acids is 2. The maximum absolute atomic E-state index is 13.8. The monoisotopic (exact) mass is 390 g/mol. The topological polar surface area (TPSA) is 67.2 Å². The number of fused-ring (bicyclic) bond motifs is 2. The summed E-state index contributed by atoms with van der Waals surface area (Å²) < 4.78 is 15.6. The third-order valence-corrected chi connectivity index (χ3v) is 6.02. The Morgan fingerprint density at radius 2 is 2.07 bits per heavy atom. The molecule has 7 heteroatoms. The fourth-order valence-corrected chi connectivity index (χ4v) is 4.69. The largest absolute Gasteiger partial charge is 0.336 e. The van der Waals surface area contributed by atoms with Gasteiger partial charge in [-0.25, -0.2) is 9.37 Å². The number of carbonyl (C=O) groups is 2. The van der Waals surface area contributed by atoms with Crippen molar-refractivity contribution in [2.24, 2.45) is 7.05 Å². The minimum Gasteiger partial charge on any atom is -0.336 e. The first kappa shape index (κ1) is 17.6. The molecule has 0 aliphatic carbocycles. The van der Waals surface area contributed by atoms with Crippen molar-refractivity contribution in [3.8, 4) is 0 Å². The second-order valence-electron chi connectivity index (χ2n) is 7.53. The number of anilines is 1. The van der Waals surface area contributed by atoms with Crippen LogP contribution in [0.3, 0.4) is 0 Å². The number of nitrogens with zero attached hydrogens (tertiary/aromatic N) is 3. The van der Waals surface area contributed by atoms with Crippen molar-refractivity contribution in [3.63, 3.8) is 0 Å². The molecular weight excluding hydrogens is 371 g/mol. The lowest BCUT2D eigenvalue weighted by molar-refractivity contribution is -0.121. The minimum absolute atomic E-state index is 0.138. The number of nitrogens with one attached hydrogen (secondary N) is 1. The SMILES string of the molecule is Cn1ccnc1[C@@H]1N(C(=O)c2cccc(F)c2)CC[C@]12C(=O)Nc1ccccc12. The summed E-state index contributed by atoms with van der Waals surface area (Å²) in [6.45, 7) is 0.370. The van der Waals surface area contributed by atoms with E-state index in [9.17, 15) is 14.0 Å². The number of rotatable bonds is 2. The number of aryl methyl sites for hydroxylation is 1. The standard InChI is InChI=1S/C22H19FN4O2/c1-26-12-10-24-19(26)18-22(16-7-2-3-8-17(16)25-21(22)29)9-11-27(18)20(28)14-5-4-6-15(23)13-14/h2-8,10,12-13,18H,9,11H2,1H3,(H,25,29)/t18-,22+/m0/s1. The van der Waals surface area contributed by atoms with Gasteiger partial charge in [0.25, 0.3) is 5.91 Å². The number of imidazole rings is 1. The summed E-state index contributed by atoms with van der Waals surface area (Å²) in [4.78, 5) is 32.8. The number of aromatic nitrogens is 2. The summed E-state index contributed by atoms with van der Waals surface area (Å²) in [6, 6.07) is 12.6. The molecule has 6 nitrogen and oxygen atoms in total. The zero-order chi connectivity index (χ0) is 20.2. The first-order valence-corrected chi connectivity index (χ1v) is 9.47. The smallest absolute Gasteiger partial charge is 0.254 e. The molecule has 29 heavy (non-hydrogen) atoms. The fraction of sp³-hybridized carbons (Fsp3) is 0.227. The van der Waals surface area contributed by atoms with Gasteiger partial charge in [-0.05, 0) is 36.2 Å². The molecule has 0 saturated carbocycles. The Hall–Kier alpha value is -3.48. The van der Waals surface area contributed by atoms with Crippen LogP contribution in [-0.2, 0) is 17.3 Å². The molecule has 0 unspecified atom stereocenters. The highest BCUT2D eigenvalue weighted by Gasteiger charge is 2.60. The van der Waals surface area contributed by atoms with Gasteiger partial charge in [0.05, 0.1) is 0 Å². The average Bonchev–Trinajstić information content (AvgIpc) is 3.38. The number of benzene rings is 2. The predicted molar refractivity (Wildman–Crippen MR) is 105 cm³/mol. The Morgan fingerprint density at radius 3 is 2.83 bits per heavy atom. The van der Waals surface area contributed by atoms with Gasteiger partial charge in [-0.1, -0.05) is 24.3 Å². The molecule has 2 aliphatic rings. The molecule has 2 aliphatic heterocycles. The summed E-state index contributed by atoms with van der Waals surface area (Å²) in [5, 5.41) is 2.98. The van der Waals surface area contributed by atoms with Crippen LogP contribution in [-0.4, -0.2) is 32.8 Å². The third-order valence-electron chi connectivity index (χ3n) is 6.02. The molecule has 0 bridgehead atoms. The average molecular weight is 390 g/mol. The molecule has 2 aromatic carbocycles. The Morgan fingerprint density at radius 1 is 1.24 bits per heavy atom. The molecular formula is C22H19FN4O2. The van der Waals surface area contributed by atoms with E-state index >= 15 is 0 Å². The maximum Gasteiger partial charge on any atom is 0.254 e. The zero-order valence-corrected chi connectivity index (χ0v) is 15.8. The van der Waals surface area contributed by atoms with E-state index in [4.69, 9.17) is 0 Å². The number of hydrogen-bond acceptors (Lipinski definition) is 3. The van der Waals surface area contributed by atoms with Crippen molar-refractivity contribution in [2.75, 3.05) is 11.9 Å². The summed E-state index contributed by atoms with van der Waals surface area (Å²) in [7, 11) is 1.85. The number of likely N-dealkylation sites (tertiary alicyclic amines) is 1. The minimum atomic E-state index is -0.932. The molecule has 5 rings (SSSR count). The van der Waals surface area contributed by atoms with Gasteiger partial charge in [-0.2, -0.15) is 0 Å². The Kier molecular flexibility index (Phi) is 3.81. The van der Waals surface area contributed by atoms with Gasteiger partial charge >= 0.3 is 0 Å². The summed E-state index contributed by atoms with van der Waals surface area (Å²) >= 11 is 0. The quantitative estimate of drug-likeness (QED) is 0.731. The number of para-hydroxylation sites is 1. The Labute approximate surface area is 167 Å². The fourth-order valence-electron chi connectivity index (χ4n) is 4.69. The van der Waals surface area contributed by atoms with E-state index in [2.05, 4.69) is 10.3 Å². The zero-order valence-electron chi connectivity index (χ0n) is 15.8. The second-order valence-corrected chi connectivity index (χ2v) is 7.53. The van der Waals surface area contributed by atoms with Gasteiger partial charge in [0, 0.05) is 37.2 Å². The van der Waals surface area contributed by atoms with Crippen molar-refractivity contribution >= 4 is 17.5 Å². The lowest BCUT2D eigenvalue weighted by atomic mass is 9.74. The van der Waals surface area contributed by atoms with Crippen LogP contribution >= 0.6 is 0 Å². The third kappa shape index (κ3) is 2.43. The van der Waals surface area contributed by atoms with Crippen LogP contribution in [0.5, 0.6) is 0 Å². The van der Waals surface area contributed by atoms with E-state index in [-0.39, 0.29) is 17.4 Å². The Balaban J connectivity index is 1.68. The maximum atomic E-state index is 13.8. The van der Waals surface area contributed by atoms with Crippen molar-refractivity contribution in [3.05, 3.63) is 83.7 Å². The van der Waals surface area contributed by atoms with E-state index in [1.807, 2.05) is 35.9 Å². The van der Waals surface area contributed by atoms with Gasteiger partial charge in [0.2, 0.25) is 5.91 Å². The van der Waals surface area contributed by atoms with Crippen molar-refractivity contribution < 1.29 is 14.0 Å². The lowest BCUT2D eigenvalue weighted by Gasteiger charge is -2.33. The van der Waals surface area contributed by atoms with Gasteiger partial charge in [-0.15, -0.1) is 0 Å². The predicted octanol–water partition coefficient (Wildman–Crippen LogP) is 3.04. The van der Waals surface area contributed by atoms with Gasteiger partial charge < -0.3 is 14.8 Å². The van der Waals surface area contributed by atoms with E-state index in [0.717, 1.165) is 11.3 Å². The van der Waals surface area contributed by atoms with Crippen LogP contribution in [0, 0.1) is 5.82 Å². The van der Waals surface area contributed by atoms with Crippen LogP contribution < -0.4 is 5.32 Å². The molecule has 0 radical (unpaired) electrons. The highest BCUT2D eigenvalue weighted by atomic mass is 19.1. The van der Waals surface area contributed by atoms with Crippen LogP contribution in [0.1, 0.15) is 34.2 Å². The molecule has 2 amide bonds. The van der Waals surface area contributed by atoms with E-state index in [0.29, 0.717) is 18.8 Å². The molecule has 1 saturated heterocycles. The van der Waals surface area contributed by atoms with Crippen LogP contribution in [0.2, 0.25) is 0 Å². The van der Waals surface area contributed by atoms with Crippen molar-refractivity contribution in [1.82, 2.24) is 14.5 Å². The normalized spacial score (nSPS) is 22.8. The van der Waals surface area contributed by atoms with Crippen molar-refractivity contribution in [2.45, 2.75) is 17.9 Å². The highest BCUT2D eigenvalue weighted by molar-refractivity contribution is 6.08. The number of amides is 2. The van der Waals surface area contributed by atoms with Gasteiger partial charge in [0.15, 0.2) is 0 Å². The van der Waals surface area contributed by atoms with Crippen molar-refractivity contribution in [1.29, 1.82) is 0 Å². The summed E-state index contributed by atoms with van der Waals surface area (Å²) in [6.07, 6.45) is 3.92. The number of halogens is 1. The summed E-state index contributed by atoms with van der Waals surface area (Å²) in [5.74, 6) is -0.297. The number of hydrogen-bond donors (Lipinski definition) is 1. The molecule has 1 aromatic heterocycles. The molecule has 1 N–H and O–H groups in total. The molecule has 1 spiro atoms. The first-order chi connectivity index (χ1) is 14.0. The molecule has 146 valence electrons. The van der Waals surface area contributed by atoms with Gasteiger partial charge in [-0.3, -0.25) is 9.59 Å². The molecule has 2 atom stereocenters.